The van der Waals surface area contributed by atoms with Crippen LogP contribution in [0, 0.1) is 21.4 Å². The number of hydrogen-bond donors (Lipinski definition) is 0. The fourth-order valence-electron chi connectivity index (χ4n) is 1.69. The van der Waals surface area contributed by atoms with Crippen molar-refractivity contribution in [1.82, 2.24) is 10.1 Å². The molecule has 2 aromatic rings. The zero-order valence-corrected chi connectivity index (χ0v) is 10.8. The van der Waals surface area contributed by atoms with Gasteiger partial charge in [0.1, 0.15) is 0 Å². The van der Waals surface area contributed by atoms with Gasteiger partial charge in [-0.05, 0) is 18.6 Å². The number of nitro benzene ring substituents is 1. The zero-order chi connectivity index (χ0) is 14.5. The molecule has 0 spiro atoms. The molecular formula is C13H12N4O3. The van der Waals surface area contributed by atoms with Crippen LogP contribution in [-0.4, -0.2) is 15.1 Å². The molecule has 0 bridgehead atoms. The van der Waals surface area contributed by atoms with E-state index < -0.39 is 4.92 Å². The minimum absolute atomic E-state index is 0.00829. The van der Waals surface area contributed by atoms with E-state index in [4.69, 9.17) is 9.78 Å². The molecule has 0 N–H and O–H groups in total. The first kappa shape index (κ1) is 13.7. The van der Waals surface area contributed by atoms with Gasteiger partial charge in [-0.1, -0.05) is 12.1 Å². The van der Waals surface area contributed by atoms with Gasteiger partial charge in [-0.15, -0.1) is 0 Å². The molecule has 20 heavy (non-hydrogen) atoms. The maximum atomic E-state index is 10.6. The van der Waals surface area contributed by atoms with Crippen molar-refractivity contribution in [2.24, 2.45) is 0 Å². The van der Waals surface area contributed by atoms with Gasteiger partial charge in [0.2, 0.25) is 11.7 Å². The van der Waals surface area contributed by atoms with E-state index in [1.807, 2.05) is 6.92 Å². The quantitative estimate of drug-likeness (QED) is 0.611. The second-order valence-electron chi connectivity index (χ2n) is 4.36. The molecule has 0 saturated carbocycles. The smallest absolute Gasteiger partial charge is 0.269 e. The topological polar surface area (TPSA) is 106 Å². The van der Waals surface area contributed by atoms with E-state index in [9.17, 15) is 10.1 Å². The number of nitro groups is 1. The Morgan fingerprint density at radius 2 is 2.15 bits per heavy atom. The fraction of sp³-hybridized carbons (Fsp3) is 0.308. The highest BCUT2D eigenvalue weighted by atomic mass is 16.6. The lowest BCUT2D eigenvalue weighted by atomic mass is 10.1. The summed E-state index contributed by atoms with van der Waals surface area (Å²) >= 11 is 0. The Hall–Kier alpha value is -2.75. The van der Waals surface area contributed by atoms with Crippen molar-refractivity contribution in [3.05, 3.63) is 40.3 Å². The van der Waals surface area contributed by atoms with E-state index in [2.05, 4.69) is 16.2 Å². The summed E-state index contributed by atoms with van der Waals surface area (Å²) in [5, 5.41) is 23.0. The summed E-state index contributed by atoms with van der Waals surface area (Å²) in [7, 11) is 0. The minimum Gasteiger partial charge on any atom is -0.339 e. The third-order valence-corrected chi connectivity index (χ3v) is 2.89. The van der Waals surface area contributed by atoms with Crippen LogP contribution in [0.1, 0.15) is 31.6 Å². The van der Waals surface area contributed by atoms with E-state index in [0.29, 0.717) is 30.1 Å². The fourth-order valence-corrected chi connectivity index (χ4v) is 1.69. The molecule has 1 unspecified atom stereocenters. The lowest BCUT2D eigenvalue weighted by molar-refractivity contribution is -0.384. The molecule has 0 aliphatic carbocycles. The van der Waals surface area contributed by atoms with Crippen molar-refractivity contribution in [3.63, 3.8) is 0 Å². The second-order valence-corrected chi connectivity index (χ2v) is 4.36. The Morgan fingerprint density at radius 1 is 1.45 bits per heavy atom. The van der Waals surface area contributed by atoms with Crippen LogP contribution in [0.4, 0.5) is 5.69 Å². The van der Waals surface area contributed by atoms with Gasteiger partial charge in [-0.3, -0.25) is 10.1 Å². The van der Waals surface area contributed by atoms with Crippen LogP contribution in [-0.2, 0) is 0 Å². The summed E-state index contributed by atoms with van der Waals surface area (Å²) in [5.41, 5.74) is 0.665. The Kier molecular flexibility index (Phi) is 4.05. The van der Waals surface area contributed by atoms with Gasteiger partial charge in [0.25, 0.3) is 5.69 Å². The third kappa shape index (κ3) is 2.98. The third-order valence-electron chi connectivity index (χ3n) is 2.89. The summed E-state index contributed by atoms with van der Waals surface area (Å²) in [6, 6.07) is 8.01. The molecule has 0 radical (unpaired) electrons. The molecule has 2 rings (SSSR count). The molecule has 1 heterocycles. The highest BCUT2D eigenvalue weighted by Crippen LogP contribution is 2.24. The predicted octanol–water partition coefficient (Wildman–Crippen LogP) is 3.05. The van der Waals surface area contributed by atoms with Gasteiger partial charge in [0.15, 0.2) is 0 Å². The van der Waals surface area contributed by atoms with E-state index in [1.165, 1.54) is 12.1 Å². The molecule has 0 fully saturated rings. The number of hydrogen-bond acceptors (Lipinski definition) is 6. The van der Waals surface area contributed by atoms with Crippen molar-refractivity contribution in [1.29, 1.82) is 5.26 Å². The molecule has 1 atom stereocenters. The minimum atomic E-state index is -0.463. The number of nitriles is 1. The van der Waals surface area contributed by atoms with E-state index in [0.717, 1.165) is 0 Å². The Bertz CT molecular complexity index is 642. The molecule has 102 valence electrons. The number of aromatic nitrogens is 2. The van der Waals surface area contributed by atoms with Crippen LogP contribution in [0.3, 0.4) is 0 Å². The molecule has 0 amide bonds. The summed E-state index contributed by atoms with van der Waals surface area (Å²) < 4.78 is 5.15. The Balaban J connectivity index is 2.16. The lowest BCUT2D eigenvalue weighted by Crippen LogP contribution is -1.93. The van der Waals surface area contributed by atoms with Crippen LogP contribution < -0.4 is 0 Å². The van der Waals surface area contributed by atoms with Gasteiger partial charge >= 0.3 is 0 Å². The van der Waals surface area contributed by atoms with E-state index in [-0.39, 0.29) is 11.6 Å². The van der Waals surface area contributed by atoms with Crippen LogP contribution in [0.25, 0.3) is 11.4 Å². The maximum absolute atomic E-state index is 10.6. The zero-order valence-electron chi connectivity index (χ0n) is 10.8. The van der Waals surface area contributed by atoms with Gasteiger partial charge < -0.3 is 4.52 Å². The van der Waals surface area contributed by atoms with Crippen LogP contribution in [0.5, 0.6) is 0 Å². The van der Waals surface area contributed by atoms with Crippen LogP contribution in [0.15, 0.2) is 28.8 Å². The lowest BCUT2D eigenvalue weighted by Gasteiger charge is -2.00. The van der Waals surface area contributed by atoms with Crippen molar-refractivity contribution in [2.75, 3.05) is 0 Å². The number of benzene rings is 1. The SMILES string of the molecule is CC(CCC#N)c1nc(-c2ccc([N+](=O)[O-])cc2)no1. The summed E-state index contributed by atoms with van der Waals surface area (Å²) in [6.45, 7) is 1.91. The Labute approximate surface area is 115 Å². The van der Waals surface area contributed by atoms with Crippen molar-refractivity contribution >= 4 is 5.69 Å². The monoisotopic (exact) mass is 272 g/mol. The average Bonchev–Trinajstić information content (AvgIpc) is 2.94. The average molecular weight is 272 g/mol. The first-order valence-electron chi connectivity index (χ1n) is 6.07. The van der Waals surface area contributed by atoms with Crippen LogP contribution >= 0.6 is 0 Å². The number of non-ortho nitro benzene ring substituents is 1. The highest BCUT2D eigenvalue weighted by molar-refractivity contribution is 5.56. The van der Waals surface area contributed by atoms with Gasteiger partial charge in [0, 0.05) is 30.0 Å². The summed E-state index contributed by atoms with van der Waals surface area (Å²) in [6.07, 6.45) is 1.08. The van der Waals surface area contributed by atoms with Gasteiger partial charge in [-0.25, -0.2) is 0 Å². The maximum Gasteiger partial charge on any atom is 0.269 e. The normalized spacial score (nSPS) is 11.8. The van der Waals surface area contributed by atoms with Crippen molar-refractivity contribution in [3.8, 4) is 17.5 Å². The first-order valence-corrected chi connectivity index (χ1v) is 6.07. The largest absolute Gasteiger partial charge is 0.339 e. The summed E-state index contributed by atoms with van der Waals surface area (Å²) in [5.74, 6) is 0.862. The predicted molar refractivity (Wildman–Crippen MR) is 69.7 cm³/mol. The Morgan fingerprint density at radius 3 is 2.75 bits per heavy atom. The first-order chi connectivity index (χ1) is 9.61. The molecular weight excluding hydrogens is 260 g/mol. The van der Waals surface area contributed by atoms with Gasteiger partial charge in [-0.2, -0.15) is 10.2 Å². The van der Waals surface area contributed by atoms with Gasteiger partial charge in [0.05, 0.1) is 11.0 Å². The van der Waals surface area contributed by atoms with Crippen molar-refractivity contribution in [2.45, 2.75) is 25.7 Å². The van der Waals surface area contributed by atoms with E-state index in [1.54, 1.807) is 12.1 Å². The summed E-state index contributed by atoms with van der Waals surface area (Å²) in [4.78, 5) is 14.4. The van der Waals surface area contributed by atoms with Crippen molar-refractivity contribution < 1.29 is 9.45 Å². The molecule has 0 aliphatic heterocycles. The molecule has 1 aromatic heterocycles. The highest BCUT2D eigenvalue weighted by Gasteiger charge is 2.15. The second kappa shape index (κ2) is 5.93. The standard InChI is InChI=1S/C13H12N4O3/c1-9(3-2-8-14)13-15-12(16-20-13)10-4-6-11(7-5-10)17(18)19/h4-7,9H,2-3H2,1H3. The number of nitrogens with zero attached hydrogens (tertiary/aromatic N) is 4. The molecule has 0 aliphatic rings. The molecule has 0 saturated heterocycles. The molecule has 1 aromatic carbocycles. The molecule has 7 heteroatoms. The van der Waals surface area contributed by atoms with Crippen LogP contribution in [0.2, 0.25) is 0 Å². The van der Waals surface area contributed by atoms with E-state index >= 15 is 0 Å². The number of rotatable bonds is 5. The molecule has 7 nitrogen and oxygen atoms in total.